The molecule has 1 saturated heterocycles. The van der Waals surface area contributed by atoms with Crippen molar-refractivity contribution in [2.24, 2.45) is 11.3 Å². The lowest BCUT2D eigenvalue weighted by Gasteiger charge is -2.54. The third-order valence-electron chi connectivity index (χ3n) is 8.06. The predicted octanol–water partition coefficient (Wildman–Crippen LogP) is 5.35. The van der Waals surface area contributed by atoms with Crippen LogP contribution < -0.4 is 5.32 Å². The third-order valence-corrected chi connectivity index (χ3v) is 8.06. The van der Waals surface area contributed by atoms with Crippen LogP contribution in [-0.2, 0) is 17.8 Å². The van der Waals surface area contributed by atoms with Crippen molar-refractivity contribution in [2.45, 2.75) is 52.1 Å². The van der Waals surface area contributed by atoms with Gasteiger partial charge in [0, 0.05) is 41.0 Å². The molecule has 3 atom stereocenters. The maximum absolute atomic E-state index is 13.4. The number of hydrogen-bond acceptors (Lipinski definition) is 2. The van der Waals surface area contributed by atoms with Gasteiger partial charge in [0.2, 0.25) is 5.91 Å². The highest BCUT2D eigenvalue weighted by atomic mass is 19.1. The number of benzene rings is 2. The van der Waals surface area contributed by atoms with E-state index >= 15 is 0 Å². The molecule has 1 unspecified atom stereocenters. The molecule has 168 valence electrons. The maximum atomic E-state index is 13.4. The minimum atomic E-state index is -0.257. The van der Waals surface area contributed by atoms with Crippen molar-refractivity contribution in [3.8, 4) is 0 Å². The van der Waals surface area contributed by atoms with E-state index in [1.807, 2.05) is 0 Å². The van der Waals surface area contributed by atoms with E-state index in [2.05, 4.69) is 53.3 Å². The van der Waals surface area contributed by atoms with E-state index in [0.29, 0.717) is 6.54 Å². The lowest BCUT2D eigenvalue weighted by Crippen LogP contribution is -2.54. The number of halogens is 1. The molecule has 0 aliphatic carbocycles. The first-order valence-electron chi connectivity index (χ1n) is 11.9. The van der Waals surface area contributed by atoms with Gasteiger partial charge in [-0.3, -0.25) is 9.69 Å². The lowest BCUT2D eigenvalue weighted by atomic mass is 9.61. The normalized spacial score (nSPS) is 24.0. The second-order valence-electron chi connectivity index (χ2n) is 9.51. The van der Waals surface area contributed by atoms with Crippen molar-refractivity contribution >= 4 is 16.8 Å². The second kappa shape index (κ2) is 8.36. The summed E-state index contributed by atoms with van der Waals surface area (Å²) >= 11 is 0. The van der Waals surface area contributed by atoms with E-state index in [9.17, 15) is 9.18 Å². The van der Waals surface area contributed by atoms with E-state index in [4.69, 9.17) is 0 Å². The van der Waals surface area contributed by atoms with E-state index in [-0.39, 0.29) is 29.1 Å². The first kappa shape index (κ1) is 21.2. The molecule has 0 radical (unpaired) electrons. The minimum absolute atomic E-state index is 0.0845. The standard InChI is InChI=1S/C27H32FN3O/c1-3-27(18(2)26(32)29-17-19-9-11-20(28)12-10-19)14-6-15-31-16-13-22-21-7-4-5-8-23(21)30-24(22)25(27)31/h4-5,7-12,18,25,30H,3,6,13-17H2,1-2H3,(H,29,32)/t18?,25-,27+/m1/s1. The highest BCUT2D eigenvalue weighted by Crippen LogP contribution is 2.55. The number of nitrogens with zero attached hydrogens (tertiary/aromatic N) is 1. The zero-order valence-corrected chi connectivity index (χ0v) is 19.0. The van der Waals surface area contributed by atoms with Crippen LogP contribution in [-0.4, -0.2) is 28.9 Å². The first-order chi connectivity index (χ1) is 15.5. The Hall–Kier alpha value is -2.66. The fourth-order valence-electron chi connectivity index (χ4n) is 6.27. The number of para-hydroxylation sites is 1. The molecule has 5 rings (SSSR count). The van der Waals surface area contributed by atoms with Crippen LogP contribution in [0, 0.1) is 17.2 Å². The van der Waals surface area contributed by atoms with E-state index in [1.165, 1.54) is 34.3 Å². The van der Waals surface area contributed by atoms with Crippen molar-refractivity contribution in [3.05, 3.63) is 71.2 Å². The van der Waals surface area contributed by atoms with Crippen LogP contribution in [0.5, 0.6) is 0 Å². The van der Waals surface area contributed by atoms with E-state index in [0.717, 1.165) is 44.3 Å². The van der Waals surface area contributed by atoms with E-state index in [1.54, 1.807) is 12.1 Å². The van der Waals surface area contributed by atoms with Gasteiger partial charge in [0.25, 0.3) is 0 Å². The van der Waals surface area contributed by atoms with Gasteiger partial charge >= 0.3 is 0 Å². The molecule has 0 saturated carbocycles. The second-order valence-corrected chi connectivity index (χ2v) is 9.51. The van der Waals surface area contributed by atoms with Gasteiger partial charge in [-0.1, -0.05) is 44.2 Å². The Balaban J connectivity index is 1.46. The molecule has 1 aromatic heterocycles. The zero-order chi connectivity index (χ0) is 22.3. The molecule has 0 bridgehead atoms. The molecule has 2 N–H and O–H groups in total. The van der Waals surface area contributed by atoms with Crippen LogP contribution in [0.1, 0.15) is 56.0 Å². The zero-order valence-electron chi connectivity index (χ0n) is 19.0. The Labute approximate surface area is 189 Å². The number of fused-ring (bicyclic) bond motifs is 5. The molecule has 2 aromatic carbocycles. The quantitative estimate of drug-likeness (QED) is 0.570. The number of amides is 1. The summed E-state index contributed by atoms with van der Waals surface area (Å²) < 4.78 is 13.2. The van der Waals surface area contributed by atoms with Crippen molar-refractivity contribution in [1.82, 2.24) is 15.2 Å². The predicted molar refractivity (Wildman–Crippen MR) is 126 cm³/mol. The van der Waals surface area contributed by atoms with Gasteiger partial charge in [-0.15, -0.1) is 0 Å². The van der Waals surface area contributed by atoms with Crippen molar-refractivity contribution < 1.29 is 9.18 Å². The van der Waals surface area contributed by atoms with Crippen LogP contribution in [0.3, 0.4) is 0 Å². The summed E-state index contributed by atoms with van der Waals surface area (Å²) in [5.74, 6) is -0.300. The summed E-state index contributed by atoms with van der Waals surface area (Å²) in [6, 6.07) is 15.1. The third kappa shape index (κ3) is 3.43. The monoisotopic (exact) mass is 433 g/mol. The molecular weight excluding hydrogens is 401 g/mol. The Bertz CT molecular complexity index is 1120. The van der Waals surface area contributed by atoms with Gasteiger partial charge in [0.15, 0.2) is 0 Å². The Morgan fingerprint density at radius 3 is 2.78 bits per heavy atom. The number of piperidine rings is 1. The Morgan fingerprint density at radius 2 is 2.00 bits per heavy atom. The molecule has 1 fully saturated rings. The lowest BCUT2D eigenvalue weighted by molar-refractivity contribution is -0.135. The maximum Gasteiger partial charge on any atom is 0.223 e. The van der Waals surface area contributed by atoms with Gasteiger partial charge in [-0.2, -0.15) is 0 Å². The molecule has 3 aromatic rings. The number of aromatic amines is 1. The van der Waals surface area contributed by atoms with Crippen molar-refractivity contribution in [1.29, 1.82) is 0 Å². The number of hydrogen-bond donors (Lipinski definition) is 2. The number of nitrogens with one attached hydrogen (secondary N) is 2. The molecule has 2 aliphatic rings. The molecule has 0 spiro atoms. The topological polar surface area (TPSA) is 48.1 Å². The largest absolute Gasteiger partial charge is 0.357 e. The average molecular weight is 434 g/mol. The van der Waals surface area contributed by atoms with Gasteiger partial charge in [0.05, 0.1) is 6.04 Å². The summed E-state index contributed by atoms with van der Waals surface area (Å²) in [6.07, 6.45) is 4.18. The fraction of sp³-hybridized carbons (Fsp3) is 0.444. The highest BCUT2D eigenvalue weighted by molar-refractivity contribution is 5.85. The van der Waals surface area contributed by atoms with Crippen LogP contribution in [0.15, 0.2) is 48.5 Å². The number of rotatable bonds is 5. The van der Waals surface area contributed by atoms with Crippen LogP contribution in [0.2, 0.25) is 0 Å². The SMILES string of the molecule is CC[C@@]1(C(C)C(=O)NCc2ccc(F)cc2)CCCN2CCc3c([nH]c4ccccc34)[C@@H]21. The van der Waals surface area contributed by atoms with E-state index < -0.39 is 0 Å². The first-order valence-corrected chi connectivity index (χ1v) is 11.9. The fourth-order valence-corrected chi connectivity index (χ4v) is 6.27. The van der Waals surface area contributed by atoms with Crippen LogP contribution in [0.4, 0.5) is 4.39 Å². The molecule has 1 amide bonds. The summed E-state index contributed by atoms with van der Waals surface area (Å²) in [5, 5.41) is 4.46. The van der Waals surface area contributed by atoms with Crippen LogP contribution >= 0.6 is 0 Å². The number of carbonyl (C=O) groups is 1. The van der Waals surface area contributed by atoms with Gasteiger partial charge in [-0.05, 0) is 61.6 Å². The molecule has 3 heterocycles. The number of aromatic nitrogens is 1. The Kier molecular flexibility index (Phi) is 5.54. The molecule has 2 aliphatic heterocycles. The molecule has 4 nitrogen and oxygen atoms in total. The number of H-pyrrole nitrogens is 1. The van der Waals surface area contributed by atoms with Crippen LogP contribution in [0.25, 0.3) is 10.9 Å². The Morgan fingerprint density at radius 1 is 1.22 bits per heavy atom. The van der Waals surface area contributed by atoms with Gasteiger partial charge < -0.3 is 10.3 Å². The summed E-state index contributed by atoms with van der Waals surface area (Å²) in [4.78, 5) is 19.7. The smallest absolute Gasteiger partial charge is 0.223 e. The summed E-state index contributed by atoms with van der Waals surface area (Å²) in [5.41, 5.74) is 4.74. The van der Waals surface area contributed by atoms with Crippen molar-refractivity contribution in [3.63, 3.8) is 0 Å². The summed E-state index contributed by atoms with van der Waals surface area (Å²) in [7, 11) is 0. The van der Waals surface area contributed by atoms with Crippen molar-refractivity contribution in [2.75, 3.05) is 13.1 Å². The molecular formula is C27H32FN3O. The van der Waals surface area contributed by atoms with Gasteiger partial charge in [0.1, 0.15) is 5.82 Å². The minimum Gasteiger partial charge on any atom is -0.357 e. The highest BCUT2D eigenvalue weighted by Gasteiger charge is 2.52. The summed E-state index contributed by atoms with van der Waals surface area (Å²) in [6.45, 7) is 6.90. The number of carbonyl (C=O) groups excluding carboxylic acids is 1. The average Bonchev–Trinajstić information content (AvgIpc) is 3.21. The molecule has 32 heavy (non-hydrogen) atoms. The van der Waals surface area contributed by atoms with Gasteiger partial charge in [-0.25, -0.2) is 4.39 Å². The molecule has 5 heteroatoms.